The van der Waals surface area contributed by atoms with E-state index in [0.717, 1.165) is 0 Å². The number of rotatable bonds is 0. The highest BCUT2D eigenvalue weighted by atomic mass is 32.1. The summed E-state index contributed by atoms with van der Waals surface area (Å²) in [6.07, 6.45) is -0.939. The van der Waals surface area contributed by atoms with Crippen LogP contribution in [0, 0.1) is 0 Å². The lowest BCUT2D eigenvalue weighted by Gasteiger charge is -2.24. The average Bonchev–Trinajstić information content (AvgIpc) is 1.88. The normalized spacial score (nSPS) is 18.4. The van der Waals surface area contributed by atoms with E-state index >= 15 is 0 Å². The molecule has 0 unspecified atom stereocenters. The Morgan fingerprint density at radius 2 is 2.50 bits per heavy atom. The van der Waals surface area contributed by atoms with Crippen molar-refractivity contribution in [2.75, 3.05) is 19.7 Å². The monoisotopic (exact) mass is 161 g/mol. The van der Waals surface area contributed by atoms with Gasteiger partial charge in [0.2, 0.25) is 0 Å². The molecule has 1 aliphatic heterocycles. The van der Waals surface area contributed by atoms with Gasteiger partial charge in [-0.25, -0.2) is 4.79 Å². The molecule has 0 atom stereocenters. The van der Waals surface area contributed by atoms with E-state index in [-0.39, 0.29) is 6.54 Å². The minimum Gasteiger partial charge on any atom is -0.483 e. The highest BCUT2D eigenvalue weighted by Gasteiger charge is 2.18. The molecule has 1 fully saturated rings. The van der Waals surface area contributed by atoms with Gasteiger partial charge in [-0.3, -0.25) is 4.90 Å². The maximum atomic E-state index is 10.3. The number of nitrogens with zero attached hydrogens (tertiary/aromatic N) is 1. The third-order valence-electron chi connectivity index (χ3n) is 1.21. The van der Waals surface area contributed by atoms with Gasteiger partial charge in [-0.2, -0.15) is 0 Å². The molecule has 1 rings (SSSR count). The number of amides is 1. The van der Waals surface area contributed by atoms with E-state index in [9.17, 15) is 4.79 Å². The molecule has 1 saturated heterocycles. The topological polar surface area (TPSA) is 49.8 Å². The van der Waals surface area contributed by atoms with Crippen molar-refractivity contribution < 1.29 is 14.6 Å². The second kappa shape index (κ2) is 2.83. The zero-order chi connectivity index (χ0) is 7.56. The van der Waals surface area contributed by atoms with Gasteiger partial charge in [-0.15, -0.1) is 0 Å². The van der Waals surface area contributed by atoms with Crippen LogP contribution in [0.15, 0.2) is 0 Å². The van der Waals surface area contributed by atoms with Crippen LogP contribution >= 0.6 is 12.2 Å². The minimum absolute atomic E-state index is 0.227. The Kier molecular flexibility index (Phi) is 2.06. The molecule has 0 aliphatic carbocycles. The highest BCUT2D eigenvalue weighted by Crippen LogP contribution is 1.99. The van der Waals surface area contributed by atoms with Gasteiger partial charge in [0, 0.05) is 0 Å². The Hall–Kier alpha value is -0.840. The fourth-order valence-corrected chi connectivity index (χ4v) is 0.953. The Labute approximate surface area is 63.4 Å². The number of morpholine rings is 1. The Morgan fingerprint density at radius 1 is 1.80 bits per heavy atom. The zero-order valence-electron chi connectivity index (χ0n) is 5.24. The predicted octanol–water partition coefficient (Wildman–Crippen LogP) is 0.324. The van der Waals surface area contributed by atoms with Gasteiger partial charge in [-0.1, -0.05) is 0 Å². The maximum Gasteiger partial charge on any atom is 0.407 e. The van der Waals surface area contributed by atoms with Crippen LogP contribution in [0.4, 0.5) is 4.79 Å². The van der Waals surface area contributed by atoms with Crippen LogP contribution in [-0.4, -0.2) is 40.8 Å². The third-order valence-corrected chi connectivity index (χ3v) is 1.46. The molecule has 0 aromatic heterocycles. The molecule has 0 aromatic carbocycles. The van der Waals surface area contributed by atoms with Gasteiger partial charge in [-0.05, 0) is 12.2 Å². The first kappa shape index (κ1) is 7.27. The summed E-state index contributed by atoms with van der Waals surface area (Å²) in [4.78, 5) is 11.5. The summed E-state index contributed by atoms with van der Waals surface area (Å²) in [5.41, 5.74) is 0. The molecule has 0 aromatic rings. The van der Waals surface area contributed by atoms with Gasteiger partial charge in [0.25, 0.3) is 0 Å². The molecule has 4 nitrogen and oxygen atoms in total. The van der Waals surface area contributed by atoms with Crippen molar-refractivity contribution in [1.29, 1.82) is 0 Å². The average molecular weight is 161 g/mol. The van der Waals surface area contributed by atoms with E-state index < -0.39 is 6.09 Å². The van der Waals surface area contributed by atoms with Gasteiger partial charge in [0.05, 0.1) is 13.1 Å². The van der Waals surface area contributed by atoms with Crippen LogP contribution in [0.2, 0.25) is 0 Å². The molecule has 10 heavy (non-hydrogen) atoms. The van der Waals surface area contributed by atoms with Crippen LogP contribution < -0.4 is 0 Å². The predicted molar refractivity (Wildman–Crippen MR) is 38.1 cm³/mol. The van der Waals surface area contributed by atoms with Crippen molar-refractivity contribution in [2.24, 2.45) is 0 Å². The largest absolute Gasteiger partial charge is 0.483 e. The number of hydrogen-bond acceptors (Lipinski definition) is 3. The standard InChI is InChI=1S/C5H7NO3S/c7-5(8)6-1-2-9-4(10)3-6/h1-3H2,(H,7,8). The fraction of sp³-hybridized carbons (Fsp3) is 0.600. The maximum absolute atomic E-state index is 10.3. The summed E-state index contributed by atoms with van der Waals surface area (Å²) in [5.74, 6) is 0. The van der Waals surface area contributed by atoms with Crippen molar-refractivity contribution in [1.82, 2.24) is 4.90 Å². The molecular weight excluding hydrogens is 154 g/mol. The van der Waals surface area contributed by atoms with Crippen LogP contribution in [0.3, 0.4) is 0 Å². The fourth-order valence-electron chi connectivity index (χ4n) is 0.713. The molecule has 0 saturated carbocycles. The van der Waals surface area contributed by atoms with Crippen molar-refractivity contribution in [3.8, 4) is 0 Å². The highest BCUT2D eigenvalue weighted by molar-refractivity contribution is 7.80. The lowest BCUT2D eigenvalue weighted by Crippen LogP contribution is -2.41. The van der Waals surface area contributed by atoms with Crippen LogP contribution in [0.25, 0.3) is 0 Å². The Bertz CT molecular complexity index is 168. The summed E-state index contributed by atoms with van der Waals surface area (Å²) >= 11 is 4.67. The second-order valence-corrected chi connectivity index (χ2v) is 2.38. The summed E-state index contributed by atoms with van der Waals surface area (Å²) in [5, 5.41) is 8.82. The SMILES string of the molecule is O=C(O)N1CCOC(=S)C1. The quantitative estimate of drug-likeness (QED) is 0.520. The number of hydrogen-bond donors (Lipinski definition) is 1. The number of ether oxygens (including phenoxy) is 1. The Balaban J connectivity index is 2.47. The summed E-state index contributed by atoms with van der Waals surface area (Å²) in [7, 11) is 0. The molecule has 0 radical (unpaired) electrons. The molecular formula is C5H7NO3S. The van der Waals surface area contributed by atoms with E-state index in [1.165, 1.54) is 4.90 Å². The molecule has 56 valence electrons. The van der Waals surface area contributed by atoms with Crippen molar-refractivity contribution in [2.45, 2.75) is 0 Å². The first-order valence-corrected chi connectivity index (χ1v) is 3.24. The molecule has 1 aliphatic rings. The molecule has 0 spiro atoms. The third kappa shape index (κ3) is 1.57. The van der Waals surface area contributed by atoms with E-state index in [1.807, 2.05) is 0 Å². The summed E-state index contributed by atoms with van der Waals surface area (Å²) in [6.45, 7) is 1.02. The summed E-state index contributed by atoms with van der Waals surface area (Å²) < 4.78 is 4.88. The number of thiocarbonyl (C=S) groups is 1. The van der Waals surface area contributed by atoms with Crippen LogP contribution in [0.1, 0.15) is 0 Å². The molecule has 0 bridgehead atoms. The van der Waals surface area contributed by atoms with Crippen LogP contribution in [0.5, 0.6) is 0 Å². The number of carbonyl (C=O) groups is 1. The van der Waals surface area contributed by atoms with E-state index in [2.05, 4.69) is 12.2 Å². The van der Waals surface area contributed by atoms with Gasteiger partial charge < -0.3 is 9.84 Å². The second-order valence-electron chi connectivity index (χ2n) is 1.92. The zero-order valence-corrected chi connectivity index (χ0v) is 6.06. The lowest BCUT2D eigenvalue weighted by molar-refractivity contribution is 0.124. The minimum atomic E-state index is -0.939. The molecule has 1 heterocycles. The molecule has 5 heteroatoms. The smallest absolute Gasteiger partial charge is 0.407 e. The van der Waals surface area contributed by atoms with E-state index in [4.69, 9.17) is 9.84 Å². The van der Waals surface area contributed by atoms with Crippen LogP contribution in [-0.2, 0) is 4.74 Å². The van der Waals surface area contributed by atoms with Gasteiger partial charge in [0.15, 0.2) is 5.05 Å². The van der Waals surface area contributed by atoms with E-state index in [1.54, 1.807) is 0 Å². The van der Waals surface area contributed by atoms with Crippen molar-refractivity contribution in [3.05, 3.63) is 0 Å². The van der Waals surface area contributed by atoms with Gasteiger partial charge >= 0.3 is 6.09 Å². The first-order chi connectivity index (χ1) is 4.70. The summed E-state index contributed by atoms with van der Waals surface area (Å²) in [6, 6.07) is 0. The Morgan fingerprint density at radius 3 is 2.90 bits per heavy atom. The molecule has 1 amide bonds. The van der Waals surface area contributed by atoms with Gasteiger partial charge in [0.1, 0.15) is 6.61 Å². The molecule has 1 N–H and O–H groups in total. The lowest BCUT2D eigenvalue weighted by atomic mass is 10.5. The van der Waals surface area contributed by atoms with E-state index in [0.29, 0.717) is 18.2 Å². The number of carboxylic acid groups (broad SMARTS) is 1. The first-order valence-electron chi connectivity index (χ1n) is 2.83. The van der Waals surface area contributed by atoms with Crippen molar-refractivity contribution in [3.63, 3.8) is 0 Å². The van der Waals surface area contributed by atoms with Crippen molar-refractivity contribution >= 4 is 23.4 Å².